The van der Waals surface area contributed by atoms with Gasteiger partial charge in [-0.25, -0.2) is 8.42 Å². The van der Waals surface area contributed by atoms with Crippen LogP contribution in [-0.2, 0) is 24.2 Å². The minimum absolute atomic E-state index is 0.0211. The zero-order valence-electron chi connectivity index (χ0n) is 17.9. The van der Waals surface area contributed by atoms with Crippen LogP contribution in [0.2, 0.25) is 0 Å². The molecular weight excluding hydrogens is 354 g/mol. The number of nitrogens with zero attached hydrogens (tertiary/aromatic N) is 1. The predicted molar refractivity (Wildman–Crippen MR) is 105 cm³/mol. The average Bonchev–Trinajstić information content (AvgIpc) is 2.47. The third kappa shape index (κ3) is 8.21. The van der Waals surface area contributed by atoms with Crippen molar-refractivity contribution in [3.8, 4) is 0 Å². The van der Waals surface area contributed by atoms with Gasteiger partial charge in [0.05, 0.1) is 31.2 Å². The lowest BCUT2D eigenvalue weighted by Gasteiger charge is -2.38. The third-order valence-electron chi connectivity index (χ3n) is 4.82. The first-order chi connectivity index (χ1) is 11.7. The van der Waals surface area contributed by atoms with E-state index in [2.05, 4.69) is 20.8 Å². The van der Waals surface area contributed by atoms with Crippen molar-refractivity contribution in [2.24, 2.45) is 5.41 Å². The summed E-state index contributed by atoms with van der Waals surface area (Å²) in [6.45, 7) is 16.2. The molecule has 1 heterocycles. The molecule has 1 rings (SSSR count). The molecule has 2 atom stereocenters. The van der Waals surface area contributed by atoms with Gasteiger partial charge in [0.2, 0.25) is 10.0 Å². The number of rotatable bonds is 8. The summed E-state index contributed by atoms with van der Waals surface area (Å²) in [7, 11) is -3.35. The first-order valence-electron chi connectivity index (χ1n) is 9.54. The molecule has 1 fully saturated rings. The number of hydrogen-bond donors (Lipinski definition) is 0. The second-order valence-electron chi connectivity index (χ2n) is 9.38. The van der Waals surface area contributed by atoms with E-state index in [1.54, 1.807) is 0 Å². The monoisotopic (exact) mass is 393 g/mol. The molecule has 0 bridgehead atoms. The summed E-state index contributed by atoms with van der Waals surface area (Å²) in [5.74, 6) is 0. The predicted octanol–water partition coefficient (Wildman–Crippen LogP) is 3.06. The Morgan fingerprint density at radius 2 is 1.65 bits per heavy atom. The molecule has 0 aromatic heterocycles. The molecule has 0 saturated carbocycles. The minimum atomic E-state index is -3.35. The van der Waals surface area contributed by atoms with Crippen LogP contribution in [-0.4, -0.2) is 69.2 Å². The van der Waals surface area contributed by atoms with E-state index in [1.165, 1.54) is 10.6 Å². The highest BCUT2D eigenvalue weighted by atomic mass is 32.2. The lowest BCUT2D eigenvalue weighted by molar-refractivity contribution is -0.117. The van der Waals surface area contributed by atoms with Gasteiger partial charge in [-0.05, 0) is 46.0 Å². The molecule has 0 aromatic rings. The molecule has 7 heteroatoms. The van der Waals surface area contributed by atoms with Crippen molar-refractivity contribution in [3.05, 3.63) is 0 Å². The molecule has 26 heavy (non-hydrogen) atoms. The molecule has 0 radical (unpaired) electrons. The van der Waals surface area contributed by atoms with Gasteiger partial charge in [0.25, 0.3) is 0 Å². The van der Waals surface area contributed by atoms with Gasteiger partial charge in [-0.1, -0.05) is 20.8 Å². The topological polar surface area (TPSA) is 65.1 Å². The summed E-state index contributed by atoms with van der Waals surface area (Å²) in [5, 5.41) is 0. The normalized spacial score (nSPS) is 20.3. The van der Waals surface area contributed by atoms with E-state index in [0.717, 1.165) is 12.8 Å². The fourth-order valence-corrected chi connectivity index (χ4v) is 4.24. The summed E-state index contributed by atoms with van der Waals surface area (Å²) in [4.78, 5) is 0. The Morgan fingerprint density at radius 3 is 2.08 bits per heavy atom. The Labute approximate surface area is 160 Å². The molecule has 0 aromatic carbocycles. The maximum atomic E-state index is 12.3. The molecule has 0 N–H and O–H groups in total. The van der Waals surface area contributed by atoms with E-state index < -0.39 is 15.6 Å². The van der Waals surface area contributed by atoms with Crippen LogP contribution in [0.1, 0.15) is 61.3 Å². The maximum absolute atomic E-state index is 12.3. The van der Waals surface area contributed by atoms with E-state index >= 15 is 0 Å². The lowest BCUT2D eigenvalue weighted by atomic mass is 9.90. The van der Waals surface area contributed by atoms with Gasteiger partial charge in [0, 0.05) is 25.3 Å². The molecule has 1 unspecified atom stereocenters. The van der Waals surface area contributed by atoms with Gasteiger partial charge in [0.15, 0.2) is 0 Å². The zero-order chi connectivity index (χ0) is 20.2. The lowest BCUT2D eigenvalue weighted by Crippen LogP contribution is -2.51. The van der Waals surface area contributed by atoms with Crippen LogP contribution >= 0.6 is 0 Å². The van der Waals surface area contributed by atoms with Crippen LogP contribution in [0.25, 0.3) is 0 Å². The summed E-state index contributed by atoms with van der Waals surface area (Å²) < 4.78 is 43.8. The molecule has 6 nitrogen and oxygen atoms in total. The maximum Gasteiger partial charge on any atom is 0.211 e. The fraction of sp³-hybridized carbons (Fsp3) is 1.00. The van der Waals surface area contributed by atoms with Gasteiger partial charge in [0.1, 0.15) is 0 Å². The van der Waals surface area contributed by atoms with E-state index in [1.807, 2.05) is 27.7 Å². The minimum Gasteiger partial charge on any atom is -0.381 e. The molecule has 1 aliphatic rings. The molecule has 156 valence electrons. The quantitative estimate of drug-likeness (QED) is 0.634. The van der Waals surface area contributed by atoms with Crippen molar-refractivity contribution in [1.29, 1.82) is 0 Å². The van der Waals surface area contributed by atoms with Crippen molar-refractivity contribution in [3.63, 3.8) is 0 Å². The van der Waals surface area contributed by atoms with Crippen LogP contribution in [0.3, 0.4) is 0 Å². The van der Waals surface area contributed by atoms with Crippen molar-refractivity contribution in [2.45, 2.75) is 85.2 Å². The first kappa shape index (κ1) is 23.8. The van der Waals surface area contributed by atoms with E-state index in [0.29, 0.717) is 19.8 Å². The van der Waals surface area contributed by atoms with Gasteiger partial charge < -0.3 is 14.2 Å². The largest absolute Gasteiger partial charge is 0.381 e. The standard InChI is InChI=1S/C19H39NO5S/c1-15(18(2,3)4)25-17(14-24-16-9-11-23-12-10-16)13-20(19(5,6)7)26(8,21)22/h15-17H,9-14H2,1-8H3/t15?,17-/m0/s1. The number of sulfonamides is 1. The fourth-order valence-electron chi connectivity index (χ4n) is 2.81. The van der Waals surface area contributed by atoms with Crippen LogP contribution in [0.15, 0.2) is 0 Å². The van der Waals surface area contributed by atoms with Gasteiger partial charge in [-0.15, -0.1) is 0 Å². The first-order valence-corrected chi connectivity index (χ1v) is 11.4. The Balaban J connectivity index is 2.86. The second-order valence-corrected chi connectivity index (χ2v) is 11.3. The smallest absolute Gasteiger partial charge is 0.211 e. The van der Waals surface area contributed by atoms with Crippen molar-refractivity contribution < 1.29 is 22.6 Å². The van der Waals surface area contributed by atoms with Crippen LogP contribution in [0.5, 0.6) is 0 Å². The van der Waals surface area contributed by atoms with E-state index in [-0.39, 0.29) is 30.3 Å². The third-order valence-corrected chi connectivity index (χ3v) is 6.32. The Bertz CT molecular complexity index is 515. The van der Waals surface area contributed by atoms with Gasteiger partial charge >= 0.3 is 0 Å². The molecular formula is C19H39NO5S. The summed E-state index contributed by atoms with van der Waals surface area (Å²) in [6.07, 6.45) is 2.81. The van der Waals surface area contributed by atoms with E-state index in [9.17, 15) is 8.42 Å². The van der Waals surface area contributed by atoms with Gasteiger partial charge in [-0.3, -0.25) is 0 Å². The van der Waals surface area contributed by atoms with Gasteiger partial charge in [-0.2, -0.15) is 4.31 Å². The average molecular weight is 394 g/mol. The molecule has 1 saturated heterocycles. The molecule has 0 aliphatic carbocycles. The summed E-state index contributed by atoms with van der Waals surface area (Å²) in [5.41, 5.74) is -0.548. The van der Waals surface area contributed by atoms with E-state index in [4.69, 9.17) is 14.2 Å². The Kier molecular flexibility index (Phi) is 8.55. The highest BCUT2D eigenvalue weighted by Crippen LogP contribution is 2.25. The molecule has 0 amide bonds. The SMILES string of the molecule is CC(O[C@H](COC1CCOCC1)CN(C(C)(C)C)S(C)(=O)=O)C(C)(C)C. The molecule has 0 spiro atoms. The number of ether oxygens (including phenoxy) is 3. The highest BCUT2D eigenvalue weighted by Gasteiger charge is 2.34. The molecule has 1 aliphatic heterocycles. The van der Waals surface area contributed by atoms with Crippen LogP contribution in [0.4, 0.5) is 0 Å². The summed E-state index contributed by atoms with van der Waals surface area (Å²) >= 11 is 0. The van der Waals surface area contributed by atoms with Crippen LogP contribution < -0.4 is 0 Å². The van der Waals surface area contributed by atoms with Crippen molar-refractivity contribution in [2.75, 3.05) is 32.6 Å². The highest BCUT2D eigenvalue weighted by molar-refractivity contribution is 7.88. The van der Waals surface area contributed by atoms with Crippen molar-refractivity contribution in [1.82, 2.24) is 4.31 Å². The summed E-state index contributed by atoms with van der Waals surface area (Å²) in [6, 6.07) is 0. The zero-order valence-corrected chi connectivity index (χ0v) is 18.7. The van der Waals surface area contributed by atoms with Crippen LogP contribution in [0, 0.1) is 5.41 Å². The Morgan fingerprint density at radius 1 is 1.12 bits per heavy atom. The van der Waals surface area contributed by atoms with Crippen molar-refractivity contribution >= 4 is 10.0 Å². The number of hydrogen-bond acceptors (Lipinski definition) is 5. The Hall–Kier alpha value is -0.210. The second kappa shape index (κ2) is 9.32.